The Morgan fingerprint density at radius 2 is 2.46 bits per heavy atom. The van der Waals surface area contributed by atoms with E-state index in [0.717, 1.165) is 0 Å². The zero-order valence-electron chi connectivity index (χ0n) is 6.78. The van der Waals surface area contributed by atoms with Crippen molar-refractivity contribution >= 4 is 11.8 Å². The topological polar surface area (TPSA) is 95.1 Å². The van der Waals surface area contributed by atoms with Crippen LogP contribution in [-0.4, -0.2) is 27.6 Å². The molecule has 1 aromatic rings. The molecule has 0 bridgehead atoms. The van der Waals surface area contributed by atoms with Crippen LogP contribution in [0, 0.1) is 0 Å². The Morgan fingerprint density at radius 3 is 3.08 bits per heavy atom. The van der Waals surface area contributed by atoms with Crippen molar-refractivity contribution in [3.05, 3.63) is 22.7 Å². The van der Waals surface area contributed by atoms with Gasteiger partial charge < -0.3 is 10.4 Å². The largest absolute Gasteiger partial charge is 0.481 e. The molecule has 1 rings (SSSR count). The van der Waals surface area contributed by atoms with E-state index in [1.807, 2.05) is 0 Å². The number of anilines is 1. The number of carboxylic acids is 1. The monoisotopic (exact) mass is 183 g/mol. The fraction of sp³-hybridized carbons (Fsp3) is 0.286. The van der Waals surface area contributed by atoms with E-state index in [4.69, 9.17) is 5.11 Å². The molecule has 0 fully saturated rings. The molecule has 0 saturated heterocycles. The first kappa shape index (κ1) is 9.24. The maximum absolute atomic E-state index is 10.7. The van der Waals surface area contributed by atoms with Gasteiger partial charge in [-0.2, -0.15) is 0 Å². The van der Waals surface area contributed by atoms with E-state index in [2.05, 4.69) is 15.3 Å². The van der Waals surface area contributed by atoms with Gasteiger partial charge in [0, 0.05) is 12.7 Å². The first-order valence-corrected chi connectivity index (χ1v) is 3.69. The summed E-state index contributed by atoms with van der Waals surface area (Å²) in [5, 5.41) is 11.1. The number of aliphatic carboxylic acids is 1. The second-order valence-corrected chi connectivity index (χ2v) is 2.36. The van der Waals surface area contributed by atoms with E-state index in [9.17, 15) is 9.59 Å². The molecule has 0 radical (unpaired) electrons. The average Bonchev–Trinajstić information content (AvgIpc) is 2.03. The van der Waals surface area contributed by atoms with Gasteiger partial charge in [-0.15, -0.1) is 0 Å². The summed E-state index contributed by atoms with van der Waals surface area (Å²) in [6.07, 6.45) is 1.35. The number of hydrogen-bond acceptors (Lipinski definition) is 4. The molecule has 0 saturated carbocycles. The number of carboxylic acid groups (broad SMARTS) is 1. The Bertz CT molecular complexity index is 347. The summed E-state index contributed by atoms with van der Waals surface area (Å²) < 4.78 is 0. The lowest BCUT2D eigenvalue weighted by atomic mass is 10.4. The molecule has 0 aliphatic heterocycles. The molecular weight excluding hydrogens is 174 g/mol. The van der Waals surface area contributed by atoms with Gasteiger partial charge in [-0.3, -0.25) is 9.78 Å². The van der Waals surface area contributed by atoms with Crippen LogP contribution in [0.4, 0.5) is 5.82 Å². The fourth-order valence-electron chi connectivity index (χ4n) is 0.776. The number of aromatic amines is 1. The fourth-order valence-corrected chi connectivity index (χ4v) is 0.776. The summed E-state index contributed by atoms with van der Waals surface area (Å²) in [6.45, 7) is 0.273. The third kappa shape index (κ3) is 3.37. The standard InChI is InChI=1S/C7H9N3O3/c11-6(12)2-4-8-5-1-3-9-7(13)10-5/h1,3H,2,4H2,(H,11,12)(H2,8,9,10,13). The Morgan fingerprint density at radius 1 is 1.69 bits per heavy atom. The molecule has 6 heteroatoms. The van der Waals surface area contributed by atoms with E-state index >= 15 is 0 Å². The highest BCUT2D eigenvalue weighted by Gasteiger charge is 1.96. The predicted octanol–water partition coefficient (Wildman–Crippen LogP) is -0.344. The highest BCUT2D eigenvalue weighted by Crippen LogP contribution is 1.95. The van der Waals surface area contributed by atoms with Crippen molar-refractivity contribution in [2.24, 2.45) is 0 Å². The summed E-state index contributed by atoms with van der Waals surface area (Å²) in [5.41, 5.74) is -0.458. The molecule has 0 aromatic carbocycles. The van der Waals surface area contributed by atoms with E-state index in [1.54, 1.807) is 6.07 Å². The summed E-state index contributed by atoms with van der Waals surface area (Å²) in [5.74, 6) is -0.412. The highest BCUT2D eigenvalue weighted by atomic mass is 16.4. The van der Waals surface area contributed by atoms with Gasteiger partial charge in [0.2, 0.25) is 0 Å². The number of rotatable bonds is 4. The van der Waals surface area contributed by atoms with Gasteiger partial charge in [0.15, 0.2) is 0 Å². The quantitative estimate of drug-likeness (QED) is 0.593. The van der Waals surface area contributed by atoms with Gasteiger partial charge in [0.1, 0.15) is 5.82 Å². The molecule has 6 nitrogen and oxygen atoms in total. The Labute approximate surface area is 73.6 Å². The summed E-state index contributed by atoms with van der Waals surface area (Å²) in [6, 6.07) is 1.56. The first-order valence-electron chi connectivity index (χ1n) is 3.69. The minimum atomic E-state index is -0.885. The zero-order chi connectivity index (χ0) is 9.68. The van der Waals surface area contributed by atoms with Crippen LogP contribution < -0.4 is 11.0 Å². The third-order valence-electron chi connectivity index (χ3n) is 1.33. The van der Waals surface area contributed by atoms with Crippen LogP contribution in [-0.2, 0) is 4.79 Å². The lowest BCUT2D eigenvalue weighted by molar-refractivity contribution is -0.136. The highest BCUT2D eigenvalue weighted by molar-refractivity contribution is 5.67. The molecule has 0 atom stereocenters. The minimum absolute atomic E-state index is 0.00432. The maximum Gasteiger partial charge on any atom is 0.346 e. The number of nitrogens with zero attached hydrogens (tertiary/aromatic N) is 1. The van der Waals surface area contributed by atoms with E-state index in [1.165, 1.54) is 6.20 Å². The van der Waals surface area contributed by atoms with E-state index in [-0.39, 0.29) is 13.0 Å². The Hall–Kier alpha value is -1.85. The van der Waals surface area contributed by atoms with Crippen LogP contribution in [0.15, 0.2) is 17.1 Å². The van der Waals surface area contributed by atoms with Gasteiger partial charge in [0.05, 0.1) is 6.42 Å². The van der Waals surface area contributed by atoms with Crippen molar-refractivity contribution in [2.45, 2.75) is 6.42 Å². The average molecular weight is 183 g/mol. The van der Waals surface area contributed by atoms with Crippen LogP contribution >= 0.6 is 0 Å². The molecule has 1 aromatic heterocycles. The van der Waals surface area contributed by atoms with Crippen molar-refractivity contribution in [1.82, 2.24) is 9.97 Å². The van der Waals surface area contributed by atoms with Gasteiger partial charge in [0.25, 0.3) is 0 Å². The van der Waals surface area contributed by atoms with Crippen molar-refractivity contribution in [3.8, 4) is 0 Å². The molecule has 0 spiro atoms. The third-order valence-corrected chi connectivity index (χ3v) is 1.33. The second-order valence-electron chi connectivity index (χ2n) is 2.36. The van der Waals surface area contributed by atoms with Crippen molar-refractivity contribution < 1.29 is 9.90 Å². The second kappa shape index (κ2) is 4.24. The molecule has 0 aliphatic carbocycles. The van der Waals surface area contributed by atoms with Crippen LogP contribution in [0.25, 0.3) is 0 Å². The van der Waals surface area contributed by atoms with Crippen LogP contribution in [0.3, 0.4) is 0 Å². The van der Waals surface area contributed by atoms with Gasteiger partial charge in [-0.05, 0) is 6.07 Å². The molecular formula is C7H9N3O3. The molecule has 0 aliphatic rings. The Balaban J connectivity index is 2.45. The van der Waals surface area contributed by atoms with E-state index < -0.39 is 11.7 Å². The van der Waals surface area contributed by atoms with Gasteiger partial charge in [-0.25, -0.2) is 9.78 Å². The van der Waals surface area contributed by atoms with Crippen LogP contribution in [0.1, 0.15) is 6.42 Å². The molecule has 1 heterocycles. The Kier molecular flexibility index (Phi) is 3.02. The van der Waals surface area contributed by atoms with E-state index in [0.29, 0.717) is 5.82 Å². The number of aromatic nitrogens is 2. The van der Waals surface area contributed by atoms with Gasteiger partial charge in [-0.1, -0.05) is 0 Å². The zero-order valence-corrected chi connectivity index (χ0v) is 6.78. The maximum atomic E-state index is 10.7. The number of hydrogen-bond donors (Lipinski definition) is 3. The lowest BCUT2D eigenvalue weighted by Gasteiger charge is -2.01. The minimum Gasteiger partial charge on any atom is -0.481 e. The van der Waals surface area contributed by atoms with Crippen molar-refractivity contribution in [3.63, 3.8) is 0 Å². The van der Waals surface area contributed by atoms with Crippen LogP contribution in [0.5, 0.6) is 0 Å². The van der Waals surface area contributed by atoms with Gasteiger partial charge >= 0.3 is 11.7 Å². The molecule has 0 unspecified atom stereocenters. The summed E-state index contributed by atoms with van der Waals surface area (Å²) >= 11 is 0. The first-order chi connectivity index (χ1) is 6.18. The summed E-state index contributed by atoms with van der Waals surface area (Å²) in [4.78, 5) is 26.6. The molecule has 70 valence electrons. The molecule has 0 amide bonds. The SMILES string of the molecule is O=C(O)CCNc1ccnc(=O)[nH]1. The number of carbonyl (C=O) groups is 1. The number of H-pyrrole nitrogens is 1. The molecule has 13 heavy (non-hydrogen) atoms. The normalized spacial score (nSPS) is 9.54. The molecule has 3 N–H and O–H groups in total. The predicted molar refractivity (Wildman–Crippen MR) is 45.6 cm³/mol. The summed E-state index contributed by atoms with van der Waals surface area (Å²) in [7, 11) is 0. The van der Waals surface area contributed by atoms with Crippen molar-refractivity contribution in [2.75, 3.05) is 11.9 Å². The lowest BCUT2D eigenvalue weighted by Crippen LogP contribution is -2.14. The van der Waals surface area contributed by atoms with Crippen molar-refractivity contribution in [1.29, 1.82) is 0 Å². The number of nitrogens with one attached hydrogen (secondary N) is 2. The van der Waals surface area contributed by atoms with Crippen LogP contribution in [0.2, 0.25) is 0 Å². The smallest absolute Gasteiger partial charge is 0.346 e.